The molecule has 1 aromatic carbocycles. The zero-order valence-corrected chi connectivity index (χ0v) is 13.2. The second-order valence-electron chi connectivity index (χ2n) is 5.92. The minimum atomic E-state index is -2.97. The number of rotatable bonds is 4. The Balaban J connectivity index is 1.58. The molecule has 6 nitrogen and oxygen atoms in total. The molecule has 122 valence electrons. The lowest BCUT2D eigenvalue weighted by molar-refractivity contribution is 0.0302. The van der Waals surface area contributed by atoms with Crippen LogP contribution in [0.5, 0.6) is 11.5 Å². The lowest BCUT2D eigenvalue weighted by atomic mass is 9.97. The molecule has 0 atom stereocenters. The van der Waals surface area contributed by atoms with E-state index in [1.807, 2.05) is 18.2 Å². The summed E-state index contributed by atoms with van der Waals surface area (Å²) in [6, 6.07) is 5.74. The van der Waals surface area contributed by atoms with Crippen LogP contribution in [0, 0.1) is 0 Å². The van der Waals surface area contributed by atoms with Crippen molar-refractivity contribution in [1.29, 1.82) is 0 Å². The lowest BCUT2D eigenvalue weighted by Gasteiger charge is -2.32. The first-order valence-corrected chi connectivity index (χ1v) is 9.31. The maximum atomic E-state index is 11.4. The summed E-state index contributed by atoms with van der Waals surface area (Å²) in [5, 5.41) is 13.6. The fraction of sp³-hybridized carbons (Fsp3) is 0.600. The highest BCUT2D eigenvalue weighted by molar-refractivity contribution is 7.91. The standard InChI is InChI=1S/C15H21NO5S/c17-15(4-8-22(18,19)9-5-15)11-16-10-12-2-1-3-13-14(12)21-7-6-20-13/h1-3,16-17H,4-11H2. The molecule has 2 aliphatic rings. The number of fused-ring (bicyclic) bond motifs is 1. The topological polar surface area (TPSA) is 84.9 Å². The molecule has 0 aromatic heterocycles. The van der Waals surface area contributed by atoms with E-state index < -0.39 is 15.4 Å². The molecule has 1 fully saturated rings. The first kappa shape index (κ1) is 15.6. The summed E-state index contributed by atoms with van der Waals surface area (Å²) in [4.78, 5) is 0. The van der Waals surface area contributed by atoms with Crippen LogP contribution in [0.25, 0.3) is 0 Å². The van der Waals surface area contributed by atoms with Crippen molar-refractivity contribution in [2.45, 2.75) is 25.0 Å². The number of aliphatic hydroxyl groups is 1. The second kappa shape index (κ2) is 6.06. The predicted molar refractivity (Wildman–Crippen MR) is 82.0 cm³/mol. The molecule has 0 spiro atoms. The smallest absolute Gasteiger partial charge is 0.165 e. The van der Waals surface area contributed by atoms with Crippen LogP contribution in [0.15, 0.2) is 18.2 Å². The molecule has 2 N–H and O–H groups in total. The first-order valence-electron chi connectivity index (χ1n) is 7.49. The van der Waals surface area contributed by atoms with E-state index in [0.29, 0.717) is 26.3 Å². The summed E-state index contributed by atoms with van der Waals surface area (Å²) in [6.45, 7) is 2.00. The van der Waals surface area contributed by atoms with Crippen LogP contribution in [0.2, 0.25) is 0 Å². The highest BCUT2D eigenvalue weighted by atomic mass is 32.2. The Hall–Kier alpha value is -1.31. The molecule has 0 amide bonds. The largest absolute Gasteiger partial charge is 0.486 e. The number of hydrogen-bond donors (Lipinski definition) is 2. The van der Waals surface area contributed by atoms with Crippen molar-refractivity contribution in [2.75, 3.05) is 31.3 Å². The third-order valence-corrected chi connectivity index (χ3v) is 5.83. The normalized spacial score (nSPS) is 22.2. The van der Waals surface area contributed by atoms with E-state index >= 15 is 0 Å². The van der Waals surface area contributed by atoms with E-state index in [2.05, 4.69) is 5.32 Å². The first-order chi connectivity index (χ1) is 10.5. The lowest BCUT2D eigenvalue weighted by Crippen LogP contribution is -2.46. The van der Waals surface area contributed by atoms with Gasteiger partial charge >= 0.3 is 0 Å². The van der Waals surface area contributed by atoms with E-state index in [0.717, 1.165) is 17.1 Å². The van der Waals surface area contributed by atoms with Gasteiger partial charge in [-0.1, -0.05) is 12.1 Å². The van der Waals surface area contributed by atoms with Gasteiger partial charge in [-0.15, -0.1) is 0 Å². The average molecular weight is 327 g/mol. The molecule has 2 heterocycles. The molecule has 0 bridgehead atoms. The SMILES string of the molecule is O=S1(=O)CCC(O)(CNCc2cccc3c2OCCO3)CC1. The molecule has 0 unspecified atom stereocenters. The van der Waals surface area contributed by atoms with Crippen LogP contribution in [-0.4, -0.2) is 50.4 Å². The number of ether oxygens (including phenoxy) is 2. The summed E-state index contributed by atoms with van der Waals surface area (Å²) < 4.78 is 34.0. The third kappa shape index (κ3) is 3.53. The Morgan fingerprint density at radius 3 is 2.68 bits per heavy atom. The van der Waals surface area contributed by atoms with E-state index in [1.54, 1.807) is 0 Å². The van der Waals surface area contributed by atoms with Crippen molar-refractivity contribution in [3.05, 3.63) is 23.8 Å². The van der Waals surface area contributed by atoms with Crippen molar-refractivity contribution in [2.24, 2.45) is 0 Å². The highest BCUT2D eigenvalue weighted by Crippen LogP contribution is 2.33. The number of nitrogens with one attached hydrogen (secondary N) is 1. The van der Waals surface area contributed by atoms with Crippen molar-refractivity contribution in [3.8, 4) is 11.5 Å². The van der Waals surface area contributed by atoms with Gasteiger partial charge in [-0.05, 0) is 18.9 Å². The molecule has 7 heteroatoms. The third-order valence-electron chi connectivity index (χ3n) is 4.17. The monoisotopic (exact) mass is 327 g/mol. The van der Waals surface area contributed by atoms with Crippen LogP contribution in [0.4, 0.5) is 0 Å². The quantitative estimate of drug-likeness (QED) is 0.837. The average Bonchev–Trinajstić information content (AvgIpc) is 2.51. The van der Waals surface area contributed by atoms with Crippen molar-refractivity contribution in [1.82, 2.24) is 5.32 Å². The van der Waals surface area contributed by atoms with Gasteiger partial charge in [0.05, 0.1) is 17.1 Å². The van der Waals surface area contributed by atoms with Crippen LogP contribution >= 0.6 is 0 Å². The van der Waals surface area contributed by atoms with E-state index in [4.69, 9.17) is 9.47 Å². The van der Waals surface area contributed by atoms with Crippen molar-refractivity contribution >= 4 is 9.84 Å². The van der Waals surface area contributed by atoms with Crippen LogP contribution < -0.4 is 14.8 Å². The van der Waals surface area contributed by atoms with Gasteiger partial charge in [0.2, 0.25) is 0 Å². The summed E-state index contributed by atoms with van der Waals surface area (Å²) in [5.41, 5.74) is 0.0292. The number of para-hydroxylation sites is 1. The Labute approximate surface area is 130 Å². The summed E-state index contributed by atoms with van der Waals surface area (Å²) in [7, 11) is -2.97. The number of hydrogen-bond acceptors (Lipinski definition) is 6. The summed E-state index contributed by atoms with van der Waals surface area (Å²) in [5.74, 6) is 1.61. The maximum Gasteiger partial charge on any atom is 0.165 e. The summed E-state index contributed by atoms with van der Waals surface area (Å²) >= 11 is 0. The molecule has 0 saturated carbocycles. The predicted octanol–water partition coefficient (Wildman–Crippen LogP) is 0.487. The van der Waals surface area contributed by atoms with E-state index in [9.17, 15) is 13.5 Å². The minimum absolute atomic E-state index is 0.0584. The van der Waals surface area contributed by atoms with Gasteiger partial charge in [-0.2, -0.15) is 0 Å². The van der Waals surface area contributed by atoms with E-state index in [1.165, 1.54) is 0 Å². The Morgan fingerprint density at radius 2 is 1.91 bits per heavy atom. The Kier molecular flexibility index (Phi) is 4.29. The summed E-state index contributed by atoms with van der Waals surface area (Å²) in [6.07, 6.45) is 0.573. The van der Waals surface area contributed by atoms with Gasteiger partial charge in [0, 0.05) is 18.7 Å². The second-order valence-corrected chi connectivity index (χ2v) is 8.22. The molecule has 0 aliphatic carbocycles. The fourth-order valence-electron chi connectivity index (χ4n) is 2.80. The molecule has 1 saturated heterocycles. The molecular formula is C15H21NO5S. The molecule has 22 heavy (non-hydrogen) atoms. The number of sulfone groups is 1. The number of benzene rings is 1. The minimum Gasteiger partial charge on any atom is -0.486 e. The fourth-order valence-corrected chi connectivity index (χ4v) is 4.38. The zero-order chi connectivity index (χ0) is 15.6. The van der Waals surface area contributed by atoms with Crippen LogP contribution in [0.1, 0.15) is 18.4 Å². The zero-order valence-electron chi connectivity index (χ0n) is 12.4. The van der Waals surface area contributed by atoms with Gasteiger partial charge in [-0.3, -0.25) is 0 Å². The van der Waals surface area contributed by atoms with Gasteiger partial charge in [-0.25, -0.2) is 8.42 Å². The van der Waals surface area contributed by atoms with Crippen molar-refractivity contribution < 1.29 is 23.0 Å². The molecule has 0 radical (unpaired) electrons. The van der Waals surface area contributed by atoms with Gasteiger partial charge in [0.25, 0.3) is 0 Å². The molecule has 2 aliphatic heterocycles. The van der Waals surface area contributed by atoms with Crippen LogP contribution in [-0.2, 0) is 16.4 Å². The molecule has 1 aromatic rings. The highest BCUT2D eigenvalue weighted by Gasteiger charge is 2.35. The Bertz CT molecular complexity index is 629. The van der Waals surface area contributed by atoms with Gasteiger partial charge in [0.15, 0.2) is 21.3 Å². The van der Waals surface area contributed by atoms with Gasteiger partial charge < -0.3 is 19.9 Å². The molecule has 3 rings (SSSR count). The van der Waals surface area contributed by atoms with Crippen LogP contribution in [0.3, 0.4) is 0 Å². The van der Waals surface area contributed by atoms with Crippen molar-refractivity contribution in [3.63, 3.8) is 0 Å². The van der Waals surface area contributed by atoms with Gasteiger partial charge in [0.1, 0.15) is 13.2 Å². The van der Waals surface area contributed by atoms with E-state index in [-0.39, 0.29) is 24.3 Å². The Morgan fingerprint density at radius 1 is 1.18 bits per heavy atom. The maximum absolute atomic E-state index is 11.4. The molecular weight excluding hydrogens is 306 g/mol.